The zero-order chi connectivity index (χ0) is 21.8. The van der Waals surface area contributed by atoms with Gasteiger partial charge in [-0.15, -0.1) is 0 Å². The van der Waals surface area contributed by atoms with Gasteiger partial charge in [-0.05, 0) is 49.6 Å². The Morgan fingerprint density at radius 1 is 0.645 bits per heavy atom. The van der Waals surface area contributed by atoms with Gasteiger partial charge in [0.1, 0.15) is 0 Å². The topological polar surface area (TPSA) is 20.3 Å². The lowest BCUT2D eigenvalue weighted by atomic mass is 9.93. The van der Waals surface area contributed by atoms with E-state index in [2.05, 4.69) is 98.5 Å². The summed E-state index contributed by atoms with van der Waals surface area (Å²) >= 11 is 0. The van der Waals surface area contributed by atoms with Gasteiger partial charge in [0.25, 0.3) is 0 Å². The standard InChI is InChI=1S/C29H29NO/c1-21-4-10-24(11-5-21)16-27-19-30(18-26-14-8-23(3)9-15-26)20-28(29(27)31)17-25-12-6-22(2)7-13-25/h4-17H,18-20H2,1-3H3. The molecule has 1 saturated heterocycles. The van der Waals surface area contributed by atoms with Crippen LogP contribution in [0.1, 0.15) is 33.4 Å². The first-order valence-corrected chi connectivity index (χ1v) is 10.8. The molecule has 0 bridgehead atoms. The van der Waals surface area contributed by atoms with Gasteiger partial charge in [-0.3, -0.25) is 9.69 Å². The molecule has 31 heavy (non-hydrogen) atoms. The molecule has 1 aliphatic heterocycles. The van der Waals surface area contributed by atoms with E-state index in [0.29, 0.717) is 13.1 Å². The van der Waals surface area contributed by atoms with Crippen LogP contribution in [0.5, 0.6) is 0 Å². The SMILES string of the molecule is Cc1ccc(C=C2CN(Cc3ccc(C)cc3)CC(=Cc3ccc(C)cc3)C2=O)cc1. The van der Waals surface area contributed by atoms with Crippen molar-refractivity contribution in [1.29, 1.82) is 0 Å². The summed E-state index contributed by atoms with van der Waals surface area (Å²) in [5, 5.41) is 0. The minimum Gasteiger partial charge on any atom is -0.290 e. The van der Waals surface area contributed by atoms with Crippen molar-refractivity contribution in [3.05, 3.63) is 117 Å². The van der Waals surface area contributed by atoms with E-state index in [1.54, 1.807) is 0 Å². The van der Waals surface area contributed by atoms with Gasteiger partial charge in [-0.25, -0.2) is 0 Å². The predicted molar refractivity (Wildman–Crippen MR) is 130 cm³/mol. The molecular weight excluding hydrogens is 378 g/mol. The maximum atomic E-state index is 13.3. The van der Waals surface area contributed by atoms with Gasteiger partial charge in [0, 0.05) is 30.8 Å². The number of carbonyl (C=O) groups is 1. The summed E-state index contributed by atoms with van der Waals surface area (Å²) < 4.78 is 0. The Morgan fingerprint density at radius 2 is 1.03 bits per heavy atom. The van der Waals surface area contributed by atoms with Crippen molar-refractivity contribution in [1.82, 2.24) is 4.90 Å². The zero-order valence-electron chi connectivity index (χ0n) is 18.6. The summed E-state index contributed by atoms with van der Waals surface area (Å²) in [5.41, 5.74) is 8.81. The van der Waals surface area contributed by atoms with Crippen molar-refractivity contribution in [2.24, 2.45) is 0 Å². The van der Waals surface area contributed by atoms with E-state index >= 15 is 0 Å². The van der Waals surface area contributed by atoms with Crippen molar-refractivity contribution in [3.8, 4) is 0 Å². The van der Waals surface area contributed by atoms with Gasteiger partial charge in [0.15, 0.2) is 5.78 Å². The van der Waals surface area contributed by atoms with Crippen LogP contribution < -0.4 is 0 Å². The van der Waals surface area contributed by atoms with E-state index in [1.807, 2.05) is 12.2 Å². The van der Waals surface area contributed by atoms with Crippen molar-refractivity contribution < 1.29 is 4.79 Å². The molecule has 1 heterocycles. The molecule has 0 radical (unpaired) electrons. The quantitative estimate of drug-likeness (QED) is 0.483. The van der Waals surface area contributed by atoms with Crippen molar-refractivity contribution in [2.45, 2.75) is 27.3 Å². The molecule has 3 aromatic rings. The Kier molecular flexibility index (Phi) is 6.29. The van der Waals surface area contributed by atoms with E-state index in [4.69, 9.17) is 0 Å². The molecule has 0 aromatic heterocycles. The number of hydrogen-bond donors (Lipinski definition) is 0. The third-order valence-corrected chi connectivity index (χ3v) is 5.73. The maximum Gasteiger partial charge on any atom is 0.187 e. The van der Waals surface area contributed by atoms with Crippen LogP contribution in [0.4, 0.5) is 0 Å². The second-order valence-electron chi connectivity index (χ2n) is 8.62. The molecule has 3 aromatic carbocycles. The van der Waals surface area contributed by atoms with Gasteiger partial charge in [-0.2, -0.15) is 0 Å². The van der Waals surface area contributed by atoms with Crippen LogP contribution in [0.2, 0.25) is 0 Å². The van der Waals surface area contributed by atoms with Gasteiger partial charge >= 0.3 is 0 Å². The Balaban J connectivity index is 1.66. The number of ketones is 1. The minimum atomic E-state index is 0.154. The average molecular weight is 408 g/mol. The fourth-order valence-electron chi connectivity index (χ4n) is 3.90. The Labute approximate surface area is 185 Å². The summed E-state index contributed by atoms with van der Waals surface area (Å²) in [5.74, 6) is 0.154. The van der Waals surface area contributed by atoms with Crippen LogP contribution >= 0.6 is 0 Å². The molecule has 0 atom stereocenters. The first kappa shape index (κ1) is 21.0. The summed E-state index contributed by atoms with van der Waals surface area (Å²) in [6.45, 7) is 8.40. The first-order valence-electron chi connectivity index (χ1n) is 10.8. The summed E-state index contributed by atoms with van der Waals surface area (Å²) in [4.78, 5) is 15.7. The predicted octanol–water partition coefficient (Wildman–Crippen LogP) is 6.16. The highest BCUT2D eigenvalue weighted by Gasteiger charge is 2.26. The molecule has 156 valence electrons. The molecule has 0 amide bonds. The fourth-order valence-corrected chi connectivity index (χ4v) is 3.90. The third-order valence-electron chi connectivity index (χ3n) is 5.73. The molecular formula is C29H29NO. The van der Waals surface area contributed by atoms with E-state index in [1.165, 1.54) is 22.3 Å². The number of rotatable bonds is 4. The largest absolute Gasteiger partial charge is 0.290 e. The van der Waals surface area contributed by atoms with E-state index < -0.39 is 0 Å². The van der Waals surface area contributed by atoms with Gasteiger partial charge < -0.3 is 0 Å². The van der Waals surface area contributed by atoms with Crippen molar-refractivity contribution in [2.75, 3.05) is 13.1 Å². The molecule has 0 aliphatic carbocycles. The molecule has 2 nitrogen and oxygen atoms in total. The lowest BCUT2D eigenvalue weighted by molar-refractivity contribution is -0.113. The van der Waals surface area contributed by atoms with Crippen LogP contribution in [0.15, 0.2) is 83.9 Å². The minimum absolute atomic E-state index is 0.154. The van der Waals surface area contributed by atoms with Crippen LogP contribution in [-0.2, 0) is 11.3 Å². The molecule has 0 N–H and O–H groups in total. The highest BCUT2D eigenvalue weighted by Crippen LogP contribution is 2.24. The maximum absolute atomic E-state index is 13.3. The van der Waals surface area contributed by atoms with Crippen LogP contribution in [0.25, 0.3) is 12.2 Å². The Hall–Kier alpha value is -3.23. The smallest absolute Gasteiger partial charge is 0.187 e. The van der Waals surface area contributed by atoms with Crippen molar-refractivity contribution in [3.63, 3.8) is 0 Å². The molecule has 4 rings (SSSR count). The lowest BCUT2D eigenvalue weighted by Gasteiger charge is -2.30. The number of aryl methyl sites for hydroxylation is 3. The fraction of sp³-hybridized carbons (Fsp3) is 0.207. The van der Waals surface area contributed by atoms with Gasteiger partial charge in [0.2, 0.25) is 0 Å². The number of Topliss-reactive ketones (excluding diaryl/α,β-unsaturated/α-hetero) is 1. The summed E-state index contributed by atoms with van der Waals surface area (Å²) in [7, 11) is 0. The number of benzene rings is 3. The second kappa shape index (κ2) is 9.28. The van der Waals surface area contributed by atoms with Crippen LogP contribution in [-0.4, -0.2) is 23.8 Å². The number of carbonyl (C=O) groups excluding carboxylic acids is 1. The third kappa shape index (κ3) is 5.48. The summed E-state index contributed by atoms with van der Waals surface area (Å²) in [6.07, 6.45) is 4.10. The number of piperidine rings is 1. The number of nitrogens with zero attached hydrogens (tertiary/aromatic N) is 1. The van der Waals surface area contributed by atoms with Crippen LogP contribution in [0.3, 0.4) is 0 Å². The summed E-state index contributed by atoms with van der Waals surface area (Å²) in [6, 6.07) is 25.3. The van der Waals surface area contributed by atoms with Gasteiger partial charge in [0.05, 0.1) is 0 Å². The molecule has 1 aliphatic rings. The van der Waals surface area contributed by atoms with E-state index in [-0.39, 0.29) is 5.78 Å². The first-order chi connectivity index (χ1) is 15.0. The molecule has 0 spiro atoms. The highest BCUT2D eigenvalue weighted by atomic mass is 16.1. The molecule has 0 unspecified atom stereocenters. The average Bonchev–Trinajstić information content (AvgIpc) is 2.76. The lowest BCUT2D eigenvalue weighted by Crippen LogP contribution is -2.37. The Morgan fingerprint density at radius 3 is 1.45 bits per heavy atom. The highest BCUT2D eigenvalue weighted by molar-refractivity contribution is 6.14. The van der Waals surface area contributed by atoms with Crippen LogP contribution in [0, 0.1) is 20.8 Å². The van der Waals surface area contributed by atoms with E-state index in [0.717, 1.165) is 28.8 Å². The normalized spacial score (nSPS) is 17.5. The number of hydrogen-bond acceptors (Lipinski definition) is 2. The molecule has 2 heteroatoms. The molecule has 0 saturated carbocycles. The van der Waals surface area contributed by atoms with Gasteiger partial charge in [-0.1, -0.05) is 89.5 Å². The number of likely N-dealkylation sites (tertiary alicyclic amines) is 1. The molecule has 1 fully saturated rings. The van der Waals surface area contributed by atoms with E-state index in [9.17, 15) is 4.79 Å². The zero-order valence-corrected chi connectivity index (χ0v) is 18.6. The Bertz CT molecular complexity index is 1050. The van der Waals surface area contributed by atoms with Crippen molar-refractivity contribution >= 4 is 17.9 Å². The second-order valence-corrected chi connectivity index (χ2v) is 8.62. The monoisotopic (exact) mass is 407 g/mol.